The second kappa shape index (κ2) is 10.2. The van der Waals surface area contributed by atoms with Crippen molar-refractivity contribution in [1.29, 1.82) is 0 Å². The predicted molar refractivity (Wildman–Crippen MR) is 144 cm³/mol. The van der Waals surface area contributed by atoms with Crippen LogP contribution in [-0.2, 0) is 12.8 Å². The number of fused-ring (bicyclic) bond motifs is 1. The van der Waals surface area contributed by atoms with Gasteiger partial charge in [-0.3, -0.25) is 9.78 Å². The van der Waals surface area contributed by atoms with Crippen LogP contribution >= 0.6 is 11.3 Å². The summed E-state index contributed by atoms with van der Waals surface area (Å²) in [5, 5.41) is 20.9. The number of aromatic amines is 1. The molecule has 36 heavy (non-hydrogen) atoms. The smallest absolute Gasteiger partial charge is 0.307 e. The zero-order chi connectivity index (χ0) is 26.2. The maximum atomic E-state index is 11.4. The fourth-order valence-corrected chi connectivity index (χ4v) is 6.02. The summed E-state index contributed by atoms with van der Waals surface area (Å²) in [5.74, 6) is 2.53. The summed E-state index contributed by atoms with van der Waals surface area (Å²) >= 11 is 1.02. The van der Waals surface area contributed by atoms with Gasteiger partial charge in [0.2, 0.25) is 5.88 Å². The molecule has 0 aliphatic carbocycles. The van der Waals surface area contributed by atoms with Gasteiger partial charge in [0.15, 0.2) is 0 Å². The highest BCUT2D eigenvalue weighted by molar-refractivity contribution is 7.09. The van der Waals surface area contributed by atoms with Crippen LogP contribution < -0.4 is 14.3 Å². The Kier molecular flexibility index (Phi) is 7.41. The van der Waals surface area contributed by atoms with Crippen molar-refractivity contribution in [1.82, 2.24) is 4.98 Å². The van der Waals surface area contributed by atoms with Crippen LogP contribution in [0.2, 0.25) is 0 Å². The number of benzene rings is 2. The molecule has 0 bridgehead atoms. The lowest BCUT2D eigenvalue weighted by atomic mass is 9.80. The molecule has 6 nitrogen and oxygen atoms in total. The lowest BCUT2D eigenvalue weighted by Gasteiger charge is -2.39. The van der Waals surface area contributed by atoms with Crippen LogP contribution in [0.5, 0.6) is 23.1 Å². The molecular weight excluding hydrogens is 474 g/mol. The molecular formula is C29H37NO5S. The highest BCUT2D eigenvalue weighted by Gasteiger charge is 2.36. The van der Waals surface area contributed by atoms with Crippen molar-refractivity contribution in [3.05, 3.63) is 66.6 Å². The van der Waals surface area contributed by atoms with Gasteiger partial charge in [0.05, 0.1) is 11.5 Å². The molecule has 0 saturated heterocycles. The largest absolute Gasteiger partial charge is 0.507 e. The third-order valence-electron chi connectivity index (χ3n) is 7.15. The van der Waals surface area contributed by atoms with Crippen LogP contribution in [0.4, 0.5) is 0 Å². The number of aromatic hydroxyl groups is 2. The topological polar surface area (TPSA) is 91.8 Å². The highest BCUT2D eigenvalue weighted by Crippen LogP contribution is 2.48. The lowest BCUT2D eigenvalue weighted by molar-refractivity contribution is 0.0409. The van der Waals surface area contributed by atoms with Crippen LogP contribution in [0.3, 0.4) is 0 Å². The number of aromatic nitrogens is 1. The van der Waals surface area contributed by atoms with Gasteiger partial charge in [-0.2, -0.15) is 0 Å². The van der Waals surface area contributed by atoms with Crippen molar-refractivity contribution < 1.29 is 19.7 Å². The molecule has 194 valence electrons. The van der Waals surface area contributed by atoms with Crippen LogP contribution in [-0.4, -0.2) is 27.4 Å². The number of rotatable bonds is 8. The minimum atomic E-state index is -0.347. The van der Waals surface area contributed by atoms with E-state index in [1.807, 2.05) is 24.3 Å². The average Bonchev–Trinajstić information content (AvgIpc) is 3.11. The zero-order valence-corrected chi connectivity index (χ0v) is 22.8. The first kappa shape index (κ1) is 26.1. The fraction of sp³-hybridized carbons (Fsp3) is 0.483. The van der Waals surface area contributed by atoms with Crippen LogP contribution in [0, 0.1) is 6.92 Å². The second-order valence-corrected chi connectivity index (χ2v) is 11.7. The number of hydrogen-bond acceptors (Lipinski definition) is 6. The molecule has 3 N–H and O–H groups in total. The fourth-order valence-electron chi connectivity index (χ4n) is 5.26. The van der Waals surface area contributed by atoms with Crippen molar-refractivity contribution in [2.45, 2.75) is 84.7 Å². The minimum Gasteiger partial charge on any atom is -0.507 e. The molecule has 4 rings (SSSR count). The van der Waals surface area contributed by atoms with Crippen molar-refractivity contribution in [3.63, 3.8) is 0 Å². The molecule has 1 unspecified atom stereocenters. The Bertz CT molecular complexity index is 1290. The van der Waals surface area contributed by atoms with E-state index in [1.54, 1.807) is 0 Å². The van der Waals surface area contributed by atoms with E-state index in [1.165, 1.54) is 0 Å². The molecule has 0 saturated carbocycles. The molecule has 0 amide bonds. The van der Waals surface area contributed by atoms with Gasteiger partial charge in [0.1, 0.15) is 22.8 Å². The number of nitrogens with one attached hydrogen (secondary N) is 1. The monoisotopic (exact) mass is 511 g/mol. The quantitative estimate of drug-likeness (QED) is 0.319. The van der Waals surface area contributed by atoms with Gasteiger partial charge >= 0.3 is 4.87 Å². The van der Waals surface area contributed by atoms with E-state index in [2.05, 4.69) is 46.5 Å². The van der Waals surface area contributed by atoms with Crippen molar-refractivity contribution in [2.24, 2.45) is 0 Å². The number of phenols is 1. The molecule has 1 aliphatic heterocycles. The summed E-state index contributed by atoms with van der Waals surface area (Å²) in [5.41, 5.74) is 4.85. The van der Waals surface area contributed by atoms with Gasteiger partial charge in [-0.25, -0.2) is 0 Å². The van der Waals surface area contributed by atoms with Crippen molar-refractivity contribution >= 4 is 11.3 Å². The maximum absolute atomic E-state index is 11.4. The first-order valence-corrected chi connectivity index (χ1v) is 13.5. The Morgan fingerprint density at radius 2 is 1.78 bits per heavy atom. The molecule has 1 aromatic heterocycles. The summed E-state index contributed by atoms with van der Waals surface area (Å²) < 4.78 is 12.7. The molecule has 0 fully saturated rings. The highest BCUT2D eigenvalue weighted by atomic mass is 32.1. The van der Waals surface area contributed by atoms with Gasteiger partial charge in [0, 0.05) is 29.5 Å². The summed E-state index contributed by atoms with van der Waals surface area (Å²) in [6.45, 7) is 13.2. The van der Waals surface area contributed by atoms with E-state index in [-0.39, 0.29) is 28.2 Å². The maximum Gasteiger partial charge on any atom is 0.307 e. The normalized spacial score (nSPS) is 17.3. The van der Waals surface area contributed by atoms with Gasteiger partial charge in [-0.1, -0.05) is 51.2 Å². The first-order chi connectivity index (χ1) is 17.0. The third-order valence-corrected chi connectivity index (χ3v) is 8.02. The molecule has 3 aromatic rings. The van der Waals surface area contributed by atoms with E-state index in [9.17, 15) is 15.0 Å². The van der Waals surface area contributed by atoms with E-state index >= 15 is 0 Å². The second-order valence-electron chi connectivity index (χ2n) is 10.7. The van der Waals surface area contributed by atoms with Gasteiger partial charge < -0.3 is 19.7 Å². The number of H-pyrrole nitrogens is 1. The zero-order valence-electron chi connectivity index (χ0n) is 22.0. The number of ether oxygens (including phenoxy) is 2. The molecule has 0 radical (unpaired) electrons. The summed E-state index contributed by atoms with van der Waals surface area (Å²) in [7, 11) is 0. The summed E-state index contributed by atoms with van der Waals surface area (Å²) in [6.07, 6.45) is 2.98. The molecule has 1 atom stereocenters. The average molecular weight is 512 g/mol. The van der Waals surface area contributed by atoms with Gasteiger partial charge in [0.25, 0.3) is 0 Å². The van der Waals surface area contributed by atoms with E-state index < -0.39 is 0 Å². The number of phenolic OH excluding ortho intramolecular Hbond substituents is 1. The summed E-state index contributed by atoms with van der Waals surface area (Å²) in [4.78, 5) is 14.2. The molecule has 7 heteroatoms. The SMILES string of the molecule is Cc1c2c(c(C(C)C)c(O)c1C(C)C)CCC(C)(CCOc1ccc(Cc3sc(=O)[nH]c3O)cc1)O2. The van der Waals surface area contributed by atoms with E-state index in [0.717, 1.165) is 69.9 Å². The van der Waals surface area contributed by atoms with Crippen molar-refractivity contribution in [3.8, 4) is 23.1 Å². The van der Waals surface area contributed by atoms with Crippen LogP contribution in [0.25, 0.3) is 0 Å². The van der Waals surface area contributed by atoms with E-state index in [4.69, 9.17) is 9.47 Å². The molecule has 2 aromatic carbocycles. The number of hydrogen-bond donors (Lipinski definition) is 3. The molecule has 1 aliphatic rings. The predicted octanol–water partition coefficient (Wildman–Crippen LogP) is 6.55. The van der Waals surface area contributed by atoms with Gasteiger partial charge in [-0.05, 0) is 61.8 Å². The Hall–Kier alpha value is -2.93. The first-order valence-electron chi connectivity index (χ1n) is 12.7. The standard InChI is InChI=1S/C29H37NO5S/c1-16(2)23-18(5)26-21(24(17(3)4)25(23)31)11-12-29(6,35-26)13-14-34-20-9-7-19(8-10-20)15-22-27(32)30-28(33)36-22/h7-10,16-17,31-32H,11-15H2,1-6H3,(H,30,33). The Morgan fingerprint density at radius 3 is 2.36 bits per heavy atom. The Morgan fingerprint density at radius 1 is 1.11 bits per heavy atom. The molecule has 2 heterocycles. The van der Waals surface area contributed by atoms with Crippen molar-refractivity contribution in [2.75, 3.05) is 6.61 Å². The summed E-state index contributed by atoms with van der Waals surface area (Å²) in [6, 6.07) is 7.73. The van der Waals surface area contributed by atoms with E-state index in [0.29, 0.717) is 23.7 Å². The third kappa shape index (κ3) is 5.26. The Labute approximate surface area is 216 Å². The van der Waals surface area contributed by atoms with Crippen LogP contribution in [0.1, 0.15) is 92.0 Å². The molecule has 0 spiro atoms. The minimum absolute atomic E-state index is 0.0564. The Balaban J connectivity index is 1.43. The number of thiazole rings is 1. The lowest BCUT2D eigenvalue weighted by Crippen LogP contribution is -2.38. The van der Waals surface area contributed by atoms with Gasteiger partial charge in [-0.15, -0.1) is 0 Å². The van der Waals surface area contributed by atoms with Crippen LogP contribution in [0.15, 0.2) is 29.1 Å².